The summed E-state index contributed by atoms with van der Waals surface area (Å²) >= 11 is 0. The van der Waals surface area contributed by atoms with E-state index in [-0.39, 0.29) is 28.8 Å². The molecule has 0 aromatic carbocycles. The lowest BCUT2D eigenvalue weighted by molar-refractivity contribution is 0.349. The van der Waals surface area contributed by atoms with Gasteiger partial charge in [-0.05, 0) is 32.2 Å². The van der Waals surface area contributed by atoms with Crippen molar-refractivity contribution in [3.8, 4) is 0 Å². The molecule has 1 aliphatic rings. The SMILES string of the molecule is CC(C)n1cc(S(=O)(=O)N2CCC(C)(CN)C2)cn1.Cl. The van der Waals surface area contributed by atoms with Crippen LogP contribution in [0.4, 0.5) is 0 Å². The average molecular weight is 323 g/mol. The molecular formula is C12H23ClN4O2S. The average Bonchev–Trinajstić information content (AvgIpc) is 2.96. The fraction of sp³-hybridized carbons (Fsp3) is 0.750. The normalized spacial score (nSPS) is 24.1. The summed E-state index contributed by atoms with van der Waals surface area (Å²) < 4.78 is 28.2. The summed E-state index contributed by atoms with van der Waals surface area (Å²) in [5.74, 6) is 0. The zero-order valence-corrected chi connectivity index (χ0v) is 13.7. The molecule has 1 aromatic rings. The van der Waals surface area contributed by atoms with Crippen LogP contribution in [0.2, 0.25) is 0 Å². The first-order valence-electron chi connectivity index (χ1n) is 6.53. The Hall–Kier alpha value is -0.630. The quantitative estimate of drug-likeness (QED) is 0.904. The van der Waals surface area contributed by atoms with Gasteiger partial charge in [-0.1, -0.05) is 6.92 Å². The first kappa shape index (κ1) is 17.4. The molecule has 0 saturated carbocycles. The second kappa shape index (κ2) is 6.01. The highest BCUT2D eigenvalue weighted by molar-refractivity contribution is 7.89. The number of halogens is 1. The maximum absolute atomic E-state index is 12.5. The molecule has 2 rings (SSSR count). The lowest BCUT2D eigenvalue weighted by atomic mass is 9.90. The summed E-state index contributed by atoms with van der Waals surface area (Å²) in [7, 11) is -3.44. The lowest BCUT2D eigenvalue weighted by Crippen LogP contribution is -2.34. The molecular weight excluding hydrogens is 300 g/mol. The molecule has 0 aliphatic carbocycles. The van der Waals surface area contributed by atoms with Gasteiger partial charge in [-0.2, -0.15) is 9.40 Å². The third kappa shape index (κ3) is 3.16. The smallest absolute Gasteiger partial charge is 0.246 e. The van der Waals surface area contributed by atoms with Crippen LogP contribution in [0.1, 0.15) is 33.2 Å². The van der Waals surface area contributed by atoms with Crippen molar-refractivity contribution in [3.05, 3.63) is 12.4 Å². The molecule has 1 unspecified atom stereocenters. The molecule has 0 bridgehead atoms. The Morgan fingerprint density at radius 3 is 2.60 bits per heavy atom. The second-order valence-corrected chi connectivity index (χ2v) is 7.79. The maximum Gasteiger partial charge on any atom is 0.246 e. The zero-order valence-electron chi connectivity index (χ0n) is 12.1. The second-order valence-electron chi connectivity index (χ2n) is 5.85. The fourth-order valence-corrected chi connectivity index (χ4v) is 3.77. The van der Waals surface area contributed by atoms with Gasteiger partial charge in [0.25, 0.3) is 0 Å². The number of hydrogen-bond acceptors (Lipinski definition) is 4. The van der Waals surface area contributed by atoms with Crippen molar-refractivity contribution in [1.82, 2.24) is 14.1 Å². The summed E-state index contributed by atoms with van der Waals surface area (Å²) in [4.78, 5) is 0.266. The molecule has 2 N–H and O–H groups in total. The van der Waals surface area contributed by atoms with Crippen molar-refractivity contribution >= 4 is 22.4 Å². The third-order valence-electron chi connectivity index (χ3n) is 3.76. The van der Waals surface area contributed by atoms with Gasteiger partial charge in [0, 0.05) is 25.3 Å². The van der Waals surface area contributed by atoms with E-state index >= 15 is 0 Å². The molecule has 6 nitrogen and oxygen atoms in total. The molecule has 1 atom stereocenters. The van der Waals surface area contributed by atoms with Crippen LogP contribution in [0.15, 0.2) is 17.3 Å². The van der Waals surface area contributed by atoms with E-state index in [9.17, 15) is 8.42 Å². The van der Waals surface area contributed by atoms with Crippen molar-refractivity contribution in [3.63, 3.8) is 0 Å². The Labute approximate surface area is 126 Å². The topological polar surface area (TPSA) is 81.2 Å². The van der Waals surface area contributed by atoms with Crippen molar-refractivity contribution in [2.24, 2.45) is 11.1 Å². The highest BCUT2D eigenvalue weighted by Crippen LogP contribution is 2.32. The van der Waals surface area contributed by atoms with Gasteiger partial charge in [0.2, 0.25) is 10.0 Å². The Kier molecular flexibility index (Phi) is 5.23. The number of aromatic nitrogens is 2. The van der Waals surface area contributed by atoms with Gasteiger partial charge >= 0.3 is 0 Å². The van der Waals surface area contributed by atoms with Crippen LogP contribution in [0.25, 0.3) is 0 Å². The summed E-state index contributed by atoms with van der Waals surface area (Å²) in [5.41, 5.74) is 5.61. The molecule has 0 radical (unpaired) electrons. The minimum absolute atomic E-state index is 0. The van der Waals surface area contributed by atoms with Gasteiger partial charge in [-0.3, -0.25) is 4.68 Å². The van der Waals surface area contributed by atoms with Gasteiger partial charge < -0.3 is 5.73 Å². The number of rotatable bonds is 4. The van der Waals surface area contributed by atoms with Crippen molar-refractivity contribution < 1.29 is 8.42 Å². The largest absolute Gasteiger partial charge is 0.330 e. The van der Waals surface area contributed by atoms with Crippen LogP contribution in [0.5, 0.6) is 0 Å². The molecule has 116 valence electrons. The van der Waals surface area contributed by atoms with E-state index in [4.69, 9.17) is 5.73 Å². The lowest BCUT2D eigenvalue weighted by Gasteiger charge is -2.21. The van der Waals surface area contributed by atoms with Crippen LogP contribution in [-0.2, 0) is 10.0 Å². The maximum atomic E-state index is 12.5. The zero-order chi connectivity index (χ0) is 14.3. The minimum Gasteiger partial charge on any atom is -0.330 e. The molecule has 1 fully saturated rings. The molecule has 20 heavy (non-hydrogen) atoms. The van der Waals surface area contributed by atoms with E-state index in [1.165, 1.54) is 10.5 Å². The van der Waals surface area contributed by atoms with E-state index in [1.807, 2.05) is 20.8 Å². The highest BCUT2D eigenvalue weighted by Gasteiger charge is 2.39. The van der Waals surface area contributed by atoms with Crippen molar-refractivity contribution in [2.75, 3.05) is 19.6 Å². The molecule has 0 amide bonds. The number of hydrogen-bond donors (Lipinski definition) is 1. The van der Waals surface area contributed by atoms with Crippen LogP contribution < -0.4 is 5.73 Å². The summed E-state index contributed by atoms with van der Waals surface area (Å²) in [5, 5.41) is 4.10. The van der Waals surface area contributed by atoms with Crippen molar-refractivity contribution in [2.45, 2.75) is 38.1 Å². The summed E-state index contributed by atoms with van der Waals surface area (Å²) in [6.45, 7) is 7.47. The van der Waals surface area contributed by atoms with E-state index in [1.54, 1.807) is 10.9 Å². The van der Waals surface area contributed by atoms with Gasteiger partial charge in [0.05, 0.1) is 6.20 Å². The summed E-state index contributed by atoms with van der Waals surface area (Å²) in [6.07, 6.45) is 3.83. The Morgan fingerprint density at radius 1 is 1.50 bits per heavy atom. The number of sulfonamides is 1. The van der Waals surface area contributed by atoms with E-state index in [2.05, 4.69) is 5.10 Å². The van der Waals surface area contributed by atoms with Gasteiger partial charge in [0.15, 0.2) is 0 Å². The fourth-order valence-electron chi connectivity index (χ4n) is 2.24. The van der Waals surface area contributed by atoms with Gasteiger partial charge in [-0.25, -0.2) is 8.42 Å². The Morgan fingerprint density at radius 2 is 2.15 bits per heavy atom. The highest BCUT2D eigenvalue weighted by atomic mass is 35.5. The Balaban J connectivity index is 0.00000200. The van der Waals surface area contributed by atoms with Gasteiger partial charge in [-0.15, -0.1) is 12.4 Å². The molecule has 1 aliphatic heterocycles. The van der Waals surface area contributed by atoms with E-state index < -0.39 is 10.0 Å². The monoisotopic (exact) mass is 322 g/mol. The van der Waals surface area contributed by atoms with Crippen LogP contribution in [0.3, 0.4) is 0 Å². The molecule has 0 spiro atoms. The minimum atomic E-state index is -3.44. The Bertz CT molecular complexity index is 558. The first-order chi connectivity index (χ1) is 8.78. The predicted molar refractivity (Wildman–Crippen MR) is 80.4 cm³/mol. The van der Waals surface area contributed by atoms with Crippen LogP contribution >= 0.6 is 12.4 Å². The number of nitrogens with zero attached hydrogens (tertiary/aromatic N) is 3. The van der Waals surface area contributed by atoms with Crippen LogP contribution in [-0.4, -0.2) is 42.1 Å². The standard InChI is InChI=1S/C12H22N4O2S.ClH/c1-10(2)16-7-11(6-14-16)19(17,18)15-5-4-12(3,8-13)9-15;/h6-7,10H,4-5,8-9,13H2,1-3H3;1H. The molecule has 1 saturated heterocycles. The molecule has 1 aromatic heterocycles. The van der Waals surface area contributed by atoms with E-state index in [0.717, 1.165) is 6.42 Å². The van der Waals surface area contributed by atoms with Crippen LogP contribution in [0, 0.1) is 5.41 Å². The summed E-state index contributed by atoms with van der Waals surface area (Å²) in [6, 6.07) is 0.150. The molecule has 8 heteroatoms. The predicted octanol–water partition coefficient (Wildman–Crippen LogP) is 1.25. The van der Waals surface area contributed by atoms with E-state index in [0.29, 0.717) is 19.6 Å². The van der Waals surface area contributed by atoms with Gasteiger partial charge in [0.1, 0.15) is 4.90 Å². The first-order valence-corrected chi connectivity index (χ1v) is 7.97. The third-order valence-corrected chi connectivity index (χ3v) is 5.56. The molecule has 2 heterocycles. The van der Waals surface area contributed by atoms with Crippen molar-refractivity contribution in [1.29, 1.82) is 0 Å². The number of nitrogens with two attached hydrogens (primary N) is 1.